The van der Waals surface area contributed by atoms with E-state index in [0.29, 0.717) is 17.1 Å². The van der Waals surface area contributed by atoms with Crippen molar-refractivity contribution >= 4 is 0 Å². The number of nitriles is 1. The van der Waals surface area contributed by atoms with Gasteiger partial charge in [-0.1, -0.05) is 6.07 Å². The first-order valence-electron chi connectivity index (χ1n) is 4.20. The standard InChI is InChI=1S/C10H10N2O3/c1-14-9-4-3-7(5-10(9)15-2)8(6-11)12-13/h3-5,8H,1-2H3. The molecule has 0 aliphatic rings. The van der Waals surface area contributed by atoms with Crippen LogP contribution in [0.5, 0.6) is 11.5 Å². The minimum absolute atomic E-state index is 0.471. The van der Waals surface area contributed by atoms with Crippen LogP contribution < -0.4 is 9.47 Å². The monoisotopic (exact) mass is 206 g/mol. The lowest BCUT2D eigenvalue weighted by Crippen LogP contribution is -1.95. The number of rotatable bonds is 4. The van der Waals surface area contributed by atoms with Crippen LogP contribution in [0.3, 0.4) is 0 Å². The average molecular weight is 206 g/mol. The lowest BCUT2D eigenvalue weighted by molar-refractivity contribution is 0.354. The number of hydrogen-bond donors (Lipinski definition) is 0. The van der Waals surface area contributed by atoms with Gasteiger partial charge in [0, 0.05) is 0 Å². The number of ether oxygens (including phenoxy) is 2. The van der Waals surface area contributed by atoms with E-state index < -0.39 is 6.04 Å². The van der Waals surface area contributed by atoms with E-state index in [9.17, 15) is 4.91 Å². The Hall–Kier alpha value is -2.09. The highest BCUT2D eigenvalue weighted by Gasteiger charge is 2.13. The van der Waals surface area contributed by atoms with Crippen molar-refractivity contribution in [2.75, 3.05) is 14.2 Å². The molecular weight excluding hydrogens is 196 g/mol. The van der Waals surface area contributed by atoms with Gasteiger partial charge in [-0.3, -0.25) is 0 Å². The molecule has 0 aliphatic heterocycles. The zero-order chi connectivity index (χ0) is 11.3. The Morgan fingerprint density at radius 2 is 2.00 bits per heavy atom. The molecule has 0 N–H and O–H groups in total. The molecule has 1 atom stereocenters. The van der Waals surface area contributed by atoms with Crippen molar-refractivity contribution in [1.29, 1.82) is 5.26 Å². The number of benzene rings is 1. The summed E-state index contributed by atoms with van der Waals surface area (Å²) in [7, 11) is 2.99. The van der Waals surface area contributed by atoms with E-state index in [4.69, 9.17) is 14.7 Å². The van der Waals surface area contributed by atoms with Crippen LogP contribution in [0.4, 0.5) is 0 Å². The van der Waals surface area contributed by atoms with Crippen LogP contribution in [0.15, 0.2) is 23.4 Å². The van der Waals surface area contributed by atoms with Crippen molar-refractivity contribution in [1.82, 2.24) is 0 Å². The molecule has 5 heteroatoms. The average Bonchev–Trinajstić information content (AvgIpc) is 2.30. The molecule has 0 saturated carbocycles. The van der Waals surface area contributed by atoms with Crippen LogP contribution in [0, 0.1) is 16.2 Å². The van der Waals surface area contributed by atoms with Gasteiger partial charge in [-0.2, -0.15) is 5.26 Å². The maximum atomic E-state index is 10.3. The number of methoxy groups -OCH3 is 2. The Balaban J connectivity index is 3.13. The van der Waals surface area contributed by atoms with Crippen LogP contribution in [-0.2, 0) is 0 Å². The van der Waals surface area contributed by atoms with Crippen molar-refractivity contribution in [3.63, 3.8) is 0 Å². The Bertz CT molecular complexity index is 398. The van der Waals surface area contributed by atoms with Crippen LogP contribution in [0.25, 0.3) is 0 Å². The molecular formula is C10H10N2O3. The van der Waals surface area contributed by atoms with Crippen molar-refractivity contribution in [3.05, 3.63) is 28.7 Å². The van der Waals surface area contributed by atoms with E-state index in [2.05, 4.69) is 5.18 Å². The van der Waals surface area contributed by atoms with Crippen LogP contribution in [-0.4, -0.2) is 14.2 Å². The number of nitrogens with zero attached hydrogens (tertiary/aromatic N) is 2. The summed E-state index contributed by atoms with van der Waals surface area (Å²) in [6, 6.07) is 5.57. The van der Waals surface area contributed by atoms with Crippen LogP contribution in [0.1, 0.15) is 11.6 Å². The van der Waals surface area contributed by atoms with Gasteiger partial charge < -0.3 is 9.47 Å². The van der Waals surface area contributed by atoms with Gasteiger partial charge in [-0.05, 0) is 22.9 Å². The molecule has 0 saturated heterocycles. The van der Waals surface area contributed by atoms with Crippen LogP contribution >= 0.6 is 0 Å². The summed E-state index contributed by atoms with van der Waals surface area (Å²) >= 11 is 0. The fraction of sp³-hybridized carbons (Fsp3) is 0.300. The quantitative estimate of drug-likeness (QED) is 0.706. The topological polar surface area (TPSA) is 71.7 Å². The van der Waals surface area contributed by atoms with E-state index >= 15 is 0 Å². The smallest absolute Gasteiger partial charge is 0.203 e. The van der Waals surface area contributed by atoms with Gasteiger partial charge in [-0.25, -0.2) is 0 Å². The van der Waals surface area contributed by atoms with Crippen molar-refractivity contribution in [2.24, 2.45) is 5.18 Å². The van der Waals surface area contributed by atoms with E-state index in [-0.39, 0.29) is 0 Å². The fourth-order valence-corrected chi connectivity index (χ4v) is 1.18. The predicted molar refractivity (Wildman–Crippen MR) is 53.7 cm³/mol. The van der Waals surface area contributed by atoms with Gasteiger partial charge in [0.25, 0.3) is 0 Å². The summed E-state index contributed by atoms with van der Waals surface area (Å²) in [5.74, 6) is 1.02. The molecule has 5 nitrogen and oxygen atoms in total. The minimum atomic E-state index is -1.01. The second kappa shape index (κ2) is 4.96. The molecule has 15 heavy (non-hydrogen) atoms. The third kappa shape index (κ3) is 2.23. The summed E-state index contributed by atoms with van der Waals surface area (Å²) < 4.78 is 10.1. The normalized spacial score (nSPS) is 11.3. The Kier molecular flexibility index (Phi) is 3.63. The van der Waals surface area contributed by atoms with Crippen molar-refractivity contribution in [3.8, 4) is 17.6 Å². The number of hydrogen-bond acceptors (Lipinski definition) is 5. The Morgan fingerprint density at radius 1 is 1.33 bits per heavy atom. The van der Waals surface area contributed by atoms with Gasteiger partial charge in [0.1, 0.15) is 0 Å². The highest BCUT2D eigenvalue weighted by molar-refractivity contribution is 5.44. The Labute approximate surface area is 87.2 Å². The molecule has 0 spiro atoms. The maximum Gasteiger partial charge on any atom is 0.203 e. The summed E-state index contributed by atoms with van der Waals surface area (Å²) in [6.45, 7) is 0. The van der Waals surface area contributed by atoms with Crippen molar-refractivity contribution in [2.45, 2.75) is 6.04 Å². The van der Waals surface area contributed by atoms with E-state index in [1.54, 1.807) is 24.3 Å². The summed E-state index contributed by atoms with van der Waals surface area (Å²) in [5.41, 5.74) is 0.491. The van der Waals surface area contributed by atoms with Gasteiger partial charge in [0.15, 0.2) is 11.5 Å². The lowest BCUT2D eigenvalue weighted by atomic mass is 10.1. The van der Waals surface area contributed by atoms with Gasteiger partial charge in [0.05, 0.1) is 20.3 Å². The summed E-state index contributed by atoms with van der Waals surface area (Å²) in [4.78, 5) is 10.3. The molecule has 1 rings (SSSR count). The summed E-state index contributed by atoms with van der Waals surface area (Å²) in [5, 5.41) is 11.4. The highest BCUT2D eigenvalue weighted by Crippen LogP contribution is 2.30. The minimum Gasteiger partial charge on any atom is -0.493 e. The third-order valence-corrected chi connectivity index (χ3v) is 1.95. The molecule has 1 aromatic rings. The molecule has 0 bridgehead atoms. The molecule has 0 aromatic heterocycles. The van der Waals surface area contributed by atoms with Gasteiger partial charge in [-0.15, -0.1) is 4.91 Å². The maximum absolute atomic E-state index is 10.3. The molecule has 78 valence electrons. The number of nitroso groups, excluding NO2 is 1. The Morgan fingerprint density at radius 3 is 2.47 bits per heavy atom. The molecule has 0 amide bonds. The lowest BCUT2D eigenvalue weighted by Gasteiger charge is -2.09. The largest absolute Gasteiger partial charge is 0.493 e. The van der Waals surface area contributed by atoms with Gasteiger partial charge in [0.2, 0.25) is 6.04 Å². The van der Waals surface area contributed by atoms with E-state index in [0.717, 1.165) is 0 Å². The first-order chi connectivity index (χ1) is 7.26. The zero-order valence-corrected chi connectivity index (χ0v) is 8.43. The van der Waals surface area contributed by atoms with E-state index in [1.165, 1.54) is 14.2 Å². The molecule has 1 unspecified atom stereocenters. The predicted octanol–water partition coefficient (Wildman–Crippen LogP) is 2.03. The molecule has 0 heterocycles. The summed E-state index contributed by atoms with van der Waals surface area (Å²) in [6.07, 6.45) is 0. The molecule has 0 radical (unpaired) electrons. The zero-order valence-electron chi connectivity index (χ0n) is 8.43. The molecule has 1 aromatic carbocycles. The molecule has 0 aliphatic carbocycles. The first kappa shape index (κ1) is 11.0. The highest BCUT2D eigenvalue weighted by atomic mass is 16.5. The van der Waals surface area contributed by atoms with Crippen LogP contribution in [0.2, 0.25) is 0 Å². The third-order valence-electron chi connectivity index (χ3n) is 1.95. The first-order valence-corrected chi connectivity index (χ1v) is 4.20. The van der Waals surface area contributed by atoms with E-state index in [1.807, 2.05) is 0 Å². The second-order valence-electron chi connectivity index (χ2n) is 2.75. The van der Waals surface area contributed by atoms with Gasteiger partial charge >= 0.3 is 0 Å². The molecule has 0 fully saturated rings. The fourth-order valence-electron chi connectivity index (χ4n) is 1.18. The SMILES string of the molecule is COc1ccc(C(C#N)N=O)cc1OC. The second-order valence-corrected chi connectivity index (χ2v) is 2.75. The van der Waals surface area contributed by atoms with Crippen molar-refractivity contribution < 1.29 is 9.47 Å².